The molecule has 6 nitrogen and oxygen atoms in total. The first-order chi connectivity index (χ1) is 11.8. The van der Waals surface area contributed by atoms with Gasteiger partial charge >= 0.3 is 6.09 Å². The van der Waals surface area contributed by atoms with Crippen molar-refractivity contribution in [3.63, 3.8) is 0 Å². The van der Waals surface area contributed by atoms with Gasteiger partial charge in [0.1, 0.15) is 11.6 Å². The predicted molar refractivity (Wildman–Crippen MR) is 93.6 cm³/mol. The van der Waals surface area contributed by atoms with Crippen molar-refractivity contribution in [2.24, 2.45) is 0 Å². The lowest BCUT2D eigenvalue weighted by molar-refractivity contribution is -0.127. The first kappa shape index (κ1) is 18.8. The van der Waals surface area contributed by atoms with Crippen molar-refractivity contribution in [1.82, 2.24) is 10.2 Å². The van der Waals surface area contributed by atoms with E-state index < -0.39 is 17.7 Å². The lowest BCUT2D eigenvalue weighted by Gasteiger charge is -2.35. The molecule has 1 heterocycles. The van der Waals surface area contributed by atoms with E-state index >= 15 is 0 Å². The summed E-state index contributed by atoms with van der Waals surface area (Å²) in [7, 11) is 0. The van der Waals surface area contributed by atoms with Crippen LogP contribution in [0.3, 0.4) is 0 Å². The Morgan fingerprint density at radius 2 is 1.96 bits per heavy atom. The van der Waals surface area contributed by atoms with Crippen LogP contribution in [0.5, 0.6) is 0 Å². The van der Waals surface area contributed by atoms with E-state index in [0.29, 0.717) is 25.1 Å². The molecule has 1 aliphatic rings. The Labute approximate surface area is 148 Å². The molecule has 0 spiro atoms. The van der Waals surface area contributed by atoms with Crippen LogP contribution in [-0.4, -0.2) is 35.1 Å². The van der Waals surface area contributed by atoms with Gasteiger partial charge in [0.2, 0.25) is 5.91 Å². The number of amides is 2. The number of nitriles is 1. The van der Waals surface area contributed by atoms with Crippen molar-refractivity contribution in [3.8, 4) is 6.07 Å². The number of ether oxygens (including phenoxy) is 1. The highest BCUT2D eigenvalue weighted by molar-refractivity contribution is 5.85. The van der Waals surface area contributed by atoms with Crippen LogP contribution in [0.4, 0.5) is 4.79 Å². The topological polar surface area (TPSA) is 82.4 Å². The van der Waals surface area contributed by atoms with Gasteiger partial charge in [0, 0.05) is 13.1 Å². The smallest absolute Gasteiger partial charge is 0.410 e. The van der Waals surface area contributed by atoms with Crippen molar-refractivity contribution < 1.29 is 14.3 Å². The highest BCUT2D eigenvalue weighted by Crippen LogP contribution is 2.20. The molecule has 6 heteroatoms. The summed E-state index contributed by atoms with van der Waals surface area (Å²) in [5.41, 5.74) is 0.906. The number of benzene rings is 1. The van der Waals surface area contributed by atoms with Crippen molar-refractivity contribution in [2.75, 3.05) is 6.54 Å². The number of carbonyl (C=O) groups excluding carboxylic acids is 2. The second-order valence-electron chi connectivity index (χ2n) is 7.21. The highest BCUT2D eigenvalue weighted by atomic mass is 16.6. The third-order valence-electron chi connectivity index (χ3n) is 3.98. The quantitative estimate of drug-likeness (QED) is 0.915. The first-order valence-electron chi connectivity index (χ1n) is 8.56. The second kappa shape index (κ2) is 8.02. The molecule has 1 saturated heterocycles. The van der Waals surface area contributed by atoms with E-state index in [2.05, 4.69) is 11.4 Å². The Morgan fingerprint density at radius 1 is 1.28 bits per heavy atom. The van der Waals surface area contributed by atoms with E-state index in [1.54, 1.807) is 12.1 Å². The van der Waals surface area contributed by atoms with Gasteiger partial charge in [-0.25, -0.2) is 4.79 Å². The minimum atomic E-state index is -0.585. The van der Waals surface area contributed by atoms with Crippen LogP contribution in [0.15, 0.2) is 24.3 Å². The summed E-state index contributed by atoms with van der Waals surface area (Å²) < 4.78 is 5.42. The lowest BCUT2D eigenvalue weighted by atomic mass is 10.0. The zero-order valence-electron chi connectivity index (χ0n) is 15.0. The normalized spacial score (nSPS) is 17.5. The van der Waals surface area contributed by atoms with Gasteiger partial charge in [0.05, 0.1) is 11.6 Å². The van der Waals surface area contributed by atoms with Crippen molar-refractivity contribution in [2.45, 2.75) is 58.2 Å². The highest BCUT2D eigenvalue weighted by Gasteiger charge is 2.34. The molecule has 2 rings (SSSR count). The van der Waals surface area contributed by atoms with Gasteiger partial charge in [-0.1, -0.05) is 12.1 Å². The summed E-state index contributed by atoms with van der Waals surface area (Å²) in [6, 6.07) is 8.62. The Bertz CT molecular complexity index is 656. The van der Waals surface area contributed by atoms with Gasteiger partial charge in [0.15, 0.2) is 0 Å². The molecular weight excluding hydrogens is 318 g/mol. The molecule has 0 aliphatic carbocycles. The molecule has 0 unspecified atom stereocenters. The molecule has 25 heavy (non-hydrogen) atoms. The molecule has 0 bridgehead atoms. The molecule has 1 aromatic carbocycles. The summed E-state index contributed by atoms with van der Waals surface area (Å²) in [6.45, 7) is 6.34. The summed E-state index contributed by atoms with van der Waals surface area (Å²) in [5.74, 6) is -0.171. The van der Waals surface area contributed by atoms with Crippen molar-refractivity contribution >= 4 is 12.0 Å². The maximum absolute atomic E-state index is 12.6. The van der Waals surface area contributed by atoms with Gasteiger partial charge in [0.25, 0.3) is 0 Å². The SMILES string of the molecule is CC(C)(C)OC(=O)N1CCCC[C@H]1C(=O)NCc1ccc(C#N)cc1. The third-order valence-corrected chi connectivity index (χ3v) is 3.98. The maximum Gasteiger partial charge on any atom is 0.410 e. The van der Waals surface area contributed by atoms with Crippen LogP contribution < -0.4 is 5.32 Å². The number of likely N-dealkylation sites (tertiary alicyclic amines) is 1. The largest absolute Gasteiger partial charge is 0.444 e. The Hall–Kier alpha value is -2.55. The van der Waals surface area contributed by atoms with E-state index in [4.69, 9.17) is 10.00 Å². The van der Waals surface area contributed by atoms with Crippen molar-refractivity contribution in [1.29, 1.82) is 5.26 Å². The molecule has 1 fully saturated rings. The van der Waals surface area contributed by atoms with E-state index in [9.17, 15) is 9.59 Å². The Kier molecular flexibility index (Phi) is 6.02. The lowest BCUT2D eigenvalue weighted by Crippen LogP contribution is -2.52. The zero-order valence-corrected chi connectivity index (χ0v) is 15.0. The molecule has 1 atom stereocenters. The maximum atomic E-state index is 12.6. The minimum Gasteiger partial charge on any atom is -0.444 e. The first-order valence-corrected chi connectivity index (χ1v) is 8.56. The molecule has 1 N–H and O–H groups in total. The van der Waals surface area contributed by atoms with Gasteiger partial charge in [-0.15, -0.1) is 0 Å². The van der Waals surface area contributed by atoms with Crippen LogP contribution in [0.1, 0.15) is 51.2 Å². The molecular formula is C19H25N3O3. The molecule has 1 aromatic rings. The van der Waals surface area contributed by atoms with E-state index in [1.807, 2.05) is 32.9 Å². The van der Waals surface area contributed by atoms with Crippen LogP contribution in [0.25, 0.3) is 0 Å². The Balaban J connectivity index is 1.97. The van der Waals surface area contributed by atoms with E-state index in [0.717, 1.165) is 18.4 Å². The number of nitrogens with one attached hydrogen (secondary N) is 1. The molecule has 0 saturated carbocycles. The van der Waals surface area contributed by atoms with Crippen LogP contribution in [0, 0.1) is 11.3 Å². The number of piperidine rings is 1. The number of hydrogen-bond donors (Lipinski definition) is 1. The summed E-state index contributed by atoms with van der Waals surface area (Å²) in [5, 5.41) is 11.7. The summed E-state index contributed by atoms with van der Waals surface area (Å²) in [4.78, 5) is 26.5. The zero-order chi connectivity index (χ0) is 18.4. The molecule has 134 valence electrons. The predicted octanol–water partition coefficient (Wildman–Crippen LogP) is 2.96. The fraction of sp³-hybridized carbons (Fsp3) is 0.526. The second-order valence-corrected chi connectivity index (χ2v) is 7.21. The van der Waals surface area contributed by atoms with Crippen LogP contribution >= 0.6 is 0 Å². The average Bonchev–Trinajstić information content (AvgIpc) is 2.58. The standard InChI is InChI=1S/C19H25N3O3/c1-19(2,3)25-18(24)22-11-5-4-6-16(22)17(23)21-13-15-9-7-14(12-20)8-10-15/h7-10,16H,4-6,11,13H2,1-3H3,(H,21,23)/t16-/m0/s1. The molecule has 2 amide bonds. The Morgan fingerprint density at radius 3 is 2.56 bits per heavy atom. The van der Waals surface area contributed by atoms with E-state index in [-0.39, 0.29) is 5.91 Å². The van der Waals surface area contributed by atoms with Gasteiger partial charge in [-0.3, -0.25) is 9.69 Å². The summed E-state index contributed by atoms with van der Waals surface area (Å²) in [6.07, 6.45) is 1.98. The fourth-order valence-corrected chi connectivity index (χ4v) is 2.75. The minimum absolute atomic E-state index is 0.171. The van der Waals surface area contributed by atoms with E-state index in [1.165, 1.54) is 4.90 Å². The molecule has 1 aliphatic heterocycles. The monoisotopic (exact) mass is 343 g/mol. The van der Waals surface area contributed by atoms with Crippen molar-refractivity contribution in [3.05, 3.63) is 35.4 Å². The fourth-order valence-electron chi connectivity index (χ4n) is 2.75. The molecule has 0 aromatic heterocycles. The molecule has 0 radical (unpaired) electrons. The average molecular weight is 343 g/mol. The summed E-state index contributed by atoms with van der Waals surface area (Å²) >= 11 is 0. The number of rotatable bonds is 3. The number of carbonyl (C=O) groups is 2. The number of nitrogens with zero attached hydrogens (tertiary/aromatic N) is 2. The van der Waals surface area contributed by atoms with Gasteiger partial charge in [-0.05, 0) is 57.7 Å². The van der Waals surface area contributed by atoms with Crippen LogP contribution in [-0.2, 0) is 16.1 Å². The van der Waals surface area contributed by atoms with Gasteiger partial charge < -0.3 is 10.1 Å². The number of hydrogen-bond acceptors (Lipinski definition) is 4. The third kappa shape index (κ3) is 5.49. The van der Waals surface area contributed by atoms with Gasteiger partial charge in [-0.2, -0.15) is 5.26 Å². The van der Waals surface area contributed by atoms with Crippen LogP contribution in [0.2, 0.25) is 0 Å².